The van der Waals surface area contributed by atoms with Crippen LogP contribution in [0.1, 0.15) is 37.0 Å². The Hall–Kier alpha value is -1.75. The van der Waals surface area contributed by atoms with Crippen LogP contribution < -0.4 is 10.5 Å². The first-order valence-electron chi connectivity index (χ1n) is 6.96. The molecule has 1 rings (SSSR count). The fraction of sp³-hybridized carbons (Fsp3) is 0.533. The van der Waals surface area contributed by atoms with E-state index in [-0.39, 0.29) is 5.97 Å². The van der Waals surface area contributed by atoms with Gasteiger partial charge in [0.15, 0.2) is 0 Å². The Balaban J connectivity index is 2.48. The molecule has 0 unspecified atom stereocenters. The summed E-state index contributed by atoms with van der Waals surface area (Å²) in [6.07, 6.45) is 2.15. The van der Waals surface area contributed by atoms with Gasteiger partial charge in [0.2, 0.25) is 0 Å². The van der Waals surface area contributed by atoms with Gasteiger partial charge in [0, 0.05) is 6.61 Å². The lowest BCUT2D eigenvalue weighted by Gasteiger charge is -2.10. The topological polar surface area (TPSA) is 70.8 Å². The van der Waals surface area contributed by atoms with Crippen LogP contribution in [0, 0.1) is 0 Å². The van der Waals surface area contributed by atoms with E-state index in [9.17, 15) is 4.79 Å². The van der Waals surface area contributed by atoms with Gasteiger partial charge in [-0.1, -0.05) is 13.3 Å². The smallest absolute Gasteiger partial charge is 0.338 e. The molecule has 1 aromatic carbocycles. The standard InChI is InChI=1S/C15H23NO4/c1-3-5-8-18-9-10-20-14-11-12(6-7-13(14)16)15(17)19-4-2/h6-7,11H,3-5,8-10,16H2,1-2H3. The number of esters is 1. The van der Waals surface area contributed by atoms with E-state index in [1.165, 1.54) is 0 Å². The molecule has 5 heteroatoms. The summed E-state index contributed by atoms with van der Waals surface area (Å²) in [4.78, 5) is 11.6. The third-order valence-electron chi connectivity index (χ3n) is 2.65. The maximum absolute atomic E-state index is 11.6. The van der Waals surface area contributed by atoms with Crippen LogP contribution in [0.15, 0.2) is 18.2 Å². The number of benzene rings is 1. The molecule has 0 aliphatic heterocycles. The van der Waals surface area contributed by atoms with Gasteiger partial charge in [0.1, 0.15) is 12.4 Å². The highest BCUT2D eigenvalue weighted by Gasteiger charge is 2.10. The lowest BCUT2D eigenvalue weighted by molar-refractivity contribution is 0.0525. The summed E-state index contributed by atoms with van der Waals surface area (Å²) in [6.45, 7) is 5.85. The summed E-state index contributed by atoms with van der Waals surface area (Å²) in [7, 11) is 0. The van der Waals surface area contributed by atoms with Crippen molar-refractivity contribution in [2.45, 2.75) is 26.7 Å². The van der Waals surface area contributed by atoms with E-state index in [2.05, 4.69) is 6.92 Å². The predicted molar refractivity (Wildman–Crippen MR) is 78.0 cm³/mol. The molecule has 0 radical (unpaired) electrons. The number of hydrogen-bond acceptors (Lipinski definition) is 5. The number of unbranched alkanes of at least 4 members (excludes halogenated alkanes) is 1. The summed E-state index contributed by atoms with van der Waals surface area (Å²) in [6, 6.07) is 4.86. The fourth-order valence-corrected chi connectivity index (χ4v) is 1.56. The van der Waals surface area contributed by atoms with Gasteiger partial charge in [-0.2, -0.15) is 0 Å². The Morgan fingerprint density at radius 2 is 2.00 bits per heavy atom. The van der Waals surface area contributed by atoms with Crippen molar-refractivity contribution in [1.82, 2.24) is 0 Å². The average Bonchev–Trinajstić information content (AvgIpc) is 2.44. The first-order valence-corrected chi connectivity index (χ1v) is 6.96. The fourth-order valence-electron chi connectivity index (χ4n) is 1.56. The lowest BCUT2D eigenvalue weighted by Crippen LogP contribution is -2.10. The zero-order chi connectivity index (χ0) is 14.8. The highest BCUT2D eigenvalue weighted by Crippen LogP contribution is 2.23. The quantitative estimate of drug-likeness (QED) is 0.428. The van der Waals surface area contributed by atoms with Gasteiger partial charge < -0.3 is 19.9 Å². The number of anilines is 1. The normalized spacial score (nSPS) is 10.3. The van der Waals surface area contributed by atoms with Gasteiger partial charge in [0.25, 0.3) is 0 Å². The van der Waals surface area contributed by atoms with Crippen LogP contribution in [-0.4, -0.2) is 32.4 Å². The van der Waals surface area contributed by atoms with E-state index in [0.29, 0.717) is 36.8 Å². The van der Waals surface area contributed by atoms with E-state index in [1.54, 1.807) is 25.1 Å². The minimum atomic E-state index is -0.378. The third kappa shape index (κ3) is 5.48. The van der Waals surface area contributed by atoms with Crippen LogP contribution in [0.5, 0.6) is 5.75 Å². The van der Waals surface area contributed by atoms with Crippen LogP contribution in [-0.2, 0) is 9.47 Å². The molecule has 0 atom stereocenters. The maximum Gasteiger partial charge on any atom is 0.338 e. The van der Waals surface area contributed by atoms with Crippen molar-refractivity contribution in [2.75, 3.05) is 32.2 Å². The molecule has 0 amide bonds. The molecule has 0 saturated heterocycles. The van der Waals surface area contributed by atoms with Crippen molar-refractivity contribution < 1.29 is 19.0 Å². The molecule has 2 N–H and O–H groups in total. The van der Waals surface area contributed by atoms with E-state index in [1.807, 2.05) is 0 Å². The summed E-state index contributed by atoms with van der Waals surface area (Å²) in [5.41, 5.74) is 6.73. The average molecular weight is 281 g/mol. The van der Waals surface area contributed by atoms with E-state index < -0.39 is 0 Å². The molecule has 0 spiro atoms. The van der Waals surface area contributed by atoms with Crippen LogP contribution in [0.2, 0.25) is 0 Å². The molecule has 0 aliphatic rings. The van der Waals surface area contributed by atoms with Crippen molar-refractivity contribution in [3.05, 3.63) is 23.8 Å². The predicted octanol–water partition coefficient (Wildman–Crippen LogP) is 2.64. The zero-order valence-electron chi connectivity index (χ0n) is 12.2. The summed E-state index contributed by atoms with van der Waals surface area (Å²) < 4.78 is 15.9. The van der Waals surface area contributed by atoms with Crippen molar-refractivity contribution >= 4 is 11.7 Å². The molecule has 1 aromatic rings. The Bertz CT molecular complexity index is 420. The number of carbonyl (C=O) groups is 1. The lowest BCUT2D eigenvalue weighted by atomic mass is 10.2. The molecule has 112 valence electrons. The van der Waals surface area contributed by atoms with Gasteiger partial charge in [-0.15, -0.1) is 0 Å². The van der Waals surface area contributed by atoms with Gasteiger partial charge in [-0.25, -0.2) is 4.79 Å². The van der Waals surface area contributed by atoms with E-state index >= 15 is 0 Å². The number of nitrogens with two attached hydrogens (primary N) is 1. The van der Waals surface area contributed by atoms with Crippen molar-refractivity contribution in [2.24, 2.45) is 0 Å². The molecule has 0 bridgehead atoms. The first kappa shape index (κ1) is 16.3. The molecule has 0 saturated carbocycles. The maximum atomic E-state index is 11.6. The van der Waals surface area contributed by atoms with Crippen molar-refractivity contribution in [3.8, 4) is 5.75 Å². The first-order chi connectivity index (χ1) is 9.69. The second-order valence-electron chi connectivity index (χ2n) is 4.29. The number of ether oxygens (including phenoxy) is 3. The van der Waals surface area contributed by atoms with Crippen molar-refractivity contribution in [3.63, 3.8) is 0 Å². The Kier molecular flexibility index (Phi) is 7.50. The third-order valence-corrected chi connectivity index (χ3v) is 2.65. The van der Waals surface area contributed by atoms with Gasteiger partial charge >= 0.3 is 5.97 Å². The second kappa shape index (κ2) is 9.20. The SMILES string of the molecule is CCCCOCCOc1cc(C(=O)OCC)ccc1N. The molecule has 0 aromatic heterocycles. The summed E-state index contributed by atoms with van der Waals surface area (Å²) in [5, 5.41) is 0. The molecular formula is C15H23NO4. The van der Waals surface area contributed by atoms with Crippen molar-refractivity contribution in [1.29, 1.82) is 0 Å². The van der Waals surface area contributed by atoms with Crippen LogP contribution in [0.25, 0.3) is 0 Å². The number of hydrogen-bond donors (Lipinski definition) is 1. The van der Waals surface area contributed by atoms with Crippen LogP contribution >= 0.6 is 0 Å². The van der Waals surface area contributed by atoms with Crippen LogP contribution in [0.4, 0.5) is 5.69 Å². The number of nitrogen functional groups attached to an aromatic ring is 1. The molecule has 20 heavy (non-hydrogen) atoms. The number of carbonyl (C=O) groups excluding carboxylic acids is 1. The van der Waals surface area contributed by atoms with Gasteiger partial charge in [-0.3, -0.25) is 0 Å². The monoisotopic (exact) mass is 281 g/mol. The molecule has 0 aliphatic carbocycles. The zero-order valence-corrected chi connectivity index (χ0v) is 12.2. The van der Waals surface area contributed by atoms with E-state index in [0.717, 1.165) is 19.4 Å². The van der Waals surface area contributed by atoms with Gasteiger partial charge in [-0.05, 0) is 31.5 Å². The van der Waals surface area contributed by atoms with Crippen LogP contribution in [0.3, 0.4) is 0 Å². The molecular weight excluding hydrogens is 258 g/mol. The second-order valence-corrected chi connectivity index (χ2v) is 4.29. The number of rotatable bonds is 9. The van der Waals surface area contributed by atoms with Gasteiger partial charge in [0.05, 0.1) is 24.5 Å². The largest absolute Gasteiger partial charge is 0.489 e. The Morgan fingerprint density at radius 3 is 2.70 bits per heavy atom. The molecule has 0 heterocycles. The molecule has 0 fully saturated rings. The summed E-state index contributed by atoms with van der Waals surface area (Å²) in [5.74, 6) is 0.103. The summed E-state index contributed by atoms with van der Waals surface area (Å²) >= 11 is 0. The Morgan fingerprint density at radius 1 is 1.20 bits per heavy atom. The Labute approximate surface area is 120 Å². The highest BCUT2D eigenvalue weighted by molar-refractivity contribution is 5.90. The van der Waals surface area contributed by atoms with E-state index in [4.69, 9.17) is 19.9 Å². The minimum Gasteiger partial charge on any atom is -0.489 e. The highest BCUT2D eigenvalue weighted by atomic mass is 16.5. The molecule has 5 nitrogen and oxygen atoms in total. The minimum absolute atomic E-state index is 0.338.